The lowest BCUT2D eigenvalue weighted by Crippen LogP contribution is -2.46. The van der Waals surface area contributed by atoms with Crippen LogP contribution in [0.15, 0.2) is 29.2 Å². The minimum atomic E-state index is -2.89. The zero-order chi connectivity index (χ0) is 23.7. The van der Waals surface area contributed by atoms with E-state index in [9.17, 15) is 22.8 Å². The number of nitrogens with zero attached hydrogens (tertiary/aromatic N) is 4. The van der Waals surface area contributed by atoms with Gasteiger partial charge in [-0.3, -0.25) is 14.5 Å². The minimum absolute atomic E-state index is 0.0170. The highest BCUT2D eigenvalue weighted by atomic mass is 19.3. The van der Waals surface area contributed by atoms with E-state index in [0.717, 1.165) is 11.8 Å². The van der Waals surface area contributed by atoms with Crippen LogP contribution in [0.4, 0.5) is 18.9 Å². The van der Waals surface area contributed by atoms with Gasteiger partial charge < -0.3 is 15.2 Å². The molecule has 4 rings (SSSR count). The number of rotatable bonds is 5. The molecule has 0 bridgehead atoms. The van der Waals surface area contributed by atoms with E-state index >= 15 is 0 Å². The SMILES string of the molecule is CNC(=O)c1ccc(N2CCN(Cc3cc(F)c4nc(C)c(=O)[nH]c4c3C(F)F)CC2)cn1. The fourth-order valence-corrected chi connectivity index (χ4v) is 3.99. The number of piperazine rings is 1. The number of aromatic amines is 1. The van der Waals surface area contributed by atoms with Crippen molar-refractivity contribution in [1.29, 1.82) is 0 Å². The van der Waals surface area contributed by atoms with Gasteiger partial charge in [-0.15, -0.1) is 0 Å². The van der Waals surface area contributed by atoms with Crippen molar-refractivity contribution in [2.24, 2.45) is 0 Å². The van der Waals surface area contributed by atoms with Gasteiger partial charge in [-0.1, -0.05) is 0 Å². The highest BCUT2D eigenvalue weighted by Gasteiger charge is 2.25. The molecule has 1 amide bonds. The third-order valence-corrected chi connectivity index (χ3v) is 5.78. The van der Waals surface area contributed by atoms with Crippen molar-refractivity contribution in [2.75, 3.05) is 38.1 Å². The summed E-state index contributed by atoms with van der Waals surface area (Å²) in [6.45, 7) is 3.85. The molecule has 1 saturated heterocycles. The summed E-state index contributed by atoms with van der Waals surface area (Å²) < 4.78 is 42.5. The number of benzene rings is 1. The predicted molar refractivity (Wildman–Crippen MR) is 117 cm³/mol. The molecule has 3 heterocycles. The molecule has 0 saturated carbocycles. The third kappa shape index (κ3) is 4.54. The van der Waals surface area contributed by atoms with Crippen LogP contribution >= 0.6 is 0 Å². The molecule has 1 aliphatic heterocycles. The number of carbonyl (C=O) groups excluding carboxylic acids is 1. The summed E-state index contributed by atoms with van der Waals surface area (Å²) in [6, 6.07) is 4.54. The van der Waals surface area contributed by atoms with E-state index in [1.807, 2.05) is 11.0 Å². The van der Waals surface area contributed by atoms with E-state index in [1.165, 1.54) is 14.0 Å². The van der Waals surface area contributed by atoms with Gasteiger partial charge in [0.05, 0.1) is 17.4 Å². The quantitative estimate of drug-likeness (QED) is 0.607. The molecule has 1 aromatic carbocycles. The largest absolute Gasteiger partial charge is 0.368 e. The molecule has 1 aliphatic rings. The first-order valence-electron chi connectivity index (χ1n) is 10.4. The van der Waals surface area contributed by atoms with Gasteiger partial charge in [0, 0.05) is 45.3 Å². The first kappa shape index (κ1) is 22.7. The van der Waals surface area contributed by atoms with Crippen LogP contribution in [0.5, 0.6) is 0 Å². The van der Waals surface area contributed by atoms with Crippen molar-refractivity contribution in [1.82, 2.24) is 25.2 Å². The summed E-state index contributed by atoms with van der Waals surface area (Å²) in [5.41, 5.74) is -0.213. The number of fused-ring (bicyclic) bond motifs is 1. The molecule has 8 nitrogen and oxygen atoms in total. The van der Waals surface area contributed by atoms with Gasteiger partial charge in [0.2, 0.25) is 0 Å². The molecule has 1 fully saturated rings. The molecule has 0 aliphatic carbocycles. The topological polar surface area (TPSA) is 94.2 Å². The molecule has 174 valence electrons. The maximum Gasteiger partial charge on any atom is 0.269 e. The summed E-state index contributed by atoms with van der Waals surface area (Å²) in [5, 5.41) is 2.52. The summed E-state index contributed by atoms with van der Waals surface area (Å²) in [4.78, 5) is 38.0. The minimum Gasteiger partial charge on any atom is -0.368 e. The van der Waals surface area contributed by atoms with Crippen molar-refractivity contribution in [3.05, 3.63) is 63.1 Å². The van der Waals surface area contributed by atoms with E-state index in [4.69, 9.17) is 0 Å². The molecule has 0 radical (unpaired) electrons. The molecule has 0 spiro atoms. The predicted octanol–water partition coefficient (Wildman–Crippen LogP) is 2.39. The molecule has 0 unspecified atom stereocenters. The number of pyridine rings is 1. The van der Waals surface area contributed by atoms with Gasteiger partial charge in [-0.25, -0.2) is 23.1 Å². The van der Waals surface area contributed by atoms with Gasteiger partial charge in [-0.2, -0.15) is 0 Å². The fourth-order valence-electron chi connectivity index (χ4n) is 3.99. The van der Waals surface area contributed by atoms with E-state index in [-0.39, 0.29) is 34.7 Å². The van der Waals surface area contributed by atoms with Crippen LogP contribution in [0.25, 0.3) is 11.0 Å². The fraction of sp³-hybridized carbons (Fsp3) is 0.364. The first-order valence-corrected chi connectivity index (χ1v) is 10.4. The molecule has 2 aromatic heterocycles. The molecule has 0 atom stereocenters. The summed E-state index contributed by atoms with van der Waals surface area (Å²) >= 11 is 0. The number of amides is 1. The average Bonchev–Trinajstić information content (AvgIpc) is 2.80. The van der Waals surface area contributed by atoms with Crippen molar-refractivity contribution in [3.8, 4) is 0 Å². The Kier molecular flexibility index (Phi) is 6.32. The zero-order valence-corrected chi connectivity index (χ0v) is 18.2. The van der Waals surface area contributed by atoms with Crippen LogP contribution < -0.4 is 15.8 Å². The molecule has 2 N–H and O–H groups in total. The van der Waals surface area contributed by atoms with Crippen molar-refractivity contribution in [2.45, 2.75) is 19.9 Å². The lowest BCUT2D eigenvalue weighted by molar-refractivity contribution is 0.0958. The van der Waals surface area contributed by atoms with Gasteiger partial charge in [0.15, 0.2) is 5.82 Å². The Morgan fingerprint density at radius 3 is 2.58 bits per heavy atom. The number of alkyl halides is 2. The van der Waals surface area contributed by atoms with Gasteiger partial charge in [0.25, 0.3) is 17.9 Å². The number of aromatic nitrogens is 3. The Balaban J connectivity index is 1.52. The van der Waals surface area contributed by atoms with Crippen LogP contribution in [0.2, 0.25) is 0 Å². The zero-order valence-electron chi connectivity index (χ0n) is 18.2. The van der Waals surface area contributed by atoms with Crippen molar-refractivity contribution >= 4 is 22.6 Å². The Morgan fingerprint density at radius 2 is 1.97 bits per heavy atom. The van der Waals surface area contributed by atoms with E-state index < -0.39 is 23.4 Å². The Morgan fingerprint density at radius 1 is 1.24 bits per heavy atom. The molecular weight excluding hydrogens is 437 g/mol. The number of aryl methyl sites for hydroxylation is 1. The number of carbonyl (C=O) groups is 1. The monoisotopic (exact) mass is 460 g/mol. The number of halogens is 3. The van der Waals surface area contributed by atoms with Crippen LogP contribution in [0.3, 0.4) is 0 Å². The Labute approximate surface area is 187 Å². The number of anilines is 1. The third-order valence-electron chi connectivity index (χ3n) is 5.78. The van der Waals surface area contributed by atoms with Crippen LogP contribution in [-0.4, -0.2) is 59.0 Å². The summed E-state index contributed by atoms with van der Waals surface area (Å²) in [7, 11) is 1.53. The number of H-pyrrole nitrogens is 1. The highest BCUT2D eigenvalue weighted by molar-refractivity contribution is 5.92. The average molecular weight is 460 g/mol. The molecule has 33 heavy (non-hydrogen) atoms. The number of nitrogens with one attached hydrogen (secondary N) is 2. The molecule has 3 aromatic rings. The van der Waals surface area contributed by atoms with Crippen LogP contribution in [-0.2, 0) is 6.54 Å². The normalized spacial score (nSPS) is 14.8. The van der Waals surface area contributed by atoms with Gasteiger partial charge in [-0.05, 0) is 30.7 Å². The lowest BCUT2D eigenvalue weighted by Gasteiger charge is -2.36. The van der Waals surface area contributed by atoms with Crippen LogP contribution in [0.1, 0.15) is 33.7 Å². The van der Waals surface area contributed by atoms with E-state index in [1.54, 1.807) is 12.3 Å². The first-order chi connectivity index (χ1) is 15.8. The highest BCUT2D eigenvalue weighted by Crippen LogP contribution is 2.31. The standard InChI is InChI=1S/C22H23F3N6O2/c1-12-21(32)29-19-17(20(24)25)13(9-15(23)18(19)28-12)11-30-5-7-31(8-6-30)14-3-4-16(27-10-14)22(33)26-2/h3-4,9-10,20H,5-8,11H2,1-2H3,(H,26,33)(H,29,32). The Bertz CT molecular complexity index is 1240. The maximum atomic E-state index is 14.7. The second kappa shape index (κ2) is 9.18. The lowest BCUT2D eigenvalue weighted by atomic mass is 10.0. The second-order valence-corrected chi connectivity index (χ2v) is 7.85. The maximum absolute atomic E-state index is 14.7. The summed E-state index contributed by atoms with van der Waals surface area (Å²) in [6.07, 6.45) is -1.27. The van der Waals surface area contributed by atoms with Gasteiger partial charge in [0.1, 0.15) is 16.9 Å². The van der Waals surface area contributed by atoms with E-state index in [2.05, 4.69) is 25.2 Å². The Hall–Kier alpha value is -3.47. The van der Waals surface area contributed by atoms with Crippen molar-refractivity contribution < 1.29 is 18.0 Å². The smallest absolute Gasteiger partial charge is 0.269 e. The van der Waals surface area contributed by atoms with Crippen molar-refractivity contribution in [3.63, 3.8) is 0 Å². The second-order valence-electron chi connectivity index (χ2n) is 7.85. The number of hydrogen-bond acceptors (Lipinski definition) is 6. The van der Waals surface area contributed by atoms with E-state index in [0.29, 0.717) is 31.9 Å². The van der Waals surface area contributed by atoms with Gasteiger partial charge >= 0.3 is 0 Å². The summed E-state index contributed by atoms with van der Waals surface area (Å²) in [5.74, 6) is -1.01. The number of hydrogen-bond donors (Lipinski definition) is 2. The molecule has 11 heteroatoms. The van der Waals surface area contributed by atoms with Crippen LogP contribution in [0, 0.1) is 12.7 Å². The molecular formula is C22H23F3N6O2.